The molecule has 4 aliphatic rings. The fraction of sp³-hybridized carbons (Fsp3) is 0.500. The van der Waals surface area contributed by atoms with E-state index in [-0.39, 0.29) is 17.3 Å². The van der Waals surface area contributed by atoms with Crippen molar-refractivity contribution in [2.45, 2.75) is 36.5 Å². The Labute approximate surface area is 130 Å². The molecule has 0 aromatic heterocycles. The Bertz CT molecular complexity index is 713. The summed E-state index contributed by atoms with van der Waals surface area (Å²) >= 11 is 0. The lowest BCUT2D eigenvalue weighted by Crippen LogP contribution is -2.64. The summed E-state index contributed by atoms with van der Waals surface area (Å²) in [6.07, 6.45) is 5.02. The van der Waals surface area contributed by atoms with Gasteiger partial charge in [0, 0.05) is 22.9 Å². The summed E-state index contributed by atoms with van der Waals surface area (Å²) in [6, 6.07) is 2.12. The Hall–Kier alpha value is -1.52. The summed E-state index contributed by atoms with van der Waals surface area (Å²) < 4.78 is 6.11. The summed E-state index contributed by atoms with van der Waals surface area (Å²) in [6.45, 7) is 5.13. The molecule has 1 spiro atoms. The monoisotopic (exact) mass is 298 g/mol. The van der Waals surface area contributed by atoms with E-state index in [0.29, 0.717) is 17.7 Å². The number of phenolic OH excluding ortho intramolecular Hbond substituents is 1. The summed E-state index contributed by atoms with van der Waals surface area (Å²) in [5.41, 5.74) is 3.02. The van der Waals surface area contributed by atoms with Crippen molar-refractivity contribution in [3.8, 4) is 11.5 Å². The van der Waals surface area contributed by atoms with Gasteiger partial charge in [-0.3, -0.25) is 0 Å². The zero-order valence-corrected chi connectivity index (χ0v) is 12.6. The molecule has 1 radical (unpaired) electrons. The summed E-state index contributed by atoms with van der Waals surface area (Å²) in [4.78, 5) is 2.42. The lowest BCUT2D eigenvalue weighted by atomic mass is 9.53. The number of likely N-dealkylation sites (N-methyl/N-ethyl adjacent to an activating group) is 1. The molecule has 5 rings (SSSR count). The Morgan fingerprint density at radius 1 is 1.41 bits per heavy atom. The fourth-order valence-electron chi connectivity index (χ4n) is 5.40. The number of phenols is 1. The molecule has 22 heavy (non-hydrogen) atoms. The standard InChI is InChI=1S/C18H20NO3/c1-9-7-14(21)16-15-10(9)8-12-11-3-4-13(20)17(22-16)18(11,15)5-6-19(12)2/h3-4,7,11-13,17,20-21H,1,5-6,8H2,2H3/t11-,12+,13-,17-,18-/m0/s1. The van der Waals surface area contributed by atoms with Crippen molar-refractivity contribution < 1.29 is 14.9 Å². The van der Waals surface area contributed by atoms with Gasteiger partial charge in [-0.2, -0.15) is 0 Å². The van der Waals surface area contributed by atoms with Gasteiger partial charge in [-0.05, 0) is 50.6 Å². The average molecular weight is 298 g/mol. The van der Waals surface area contributed by atoms with Crippen molar-refractivity contribution >= 4 is 0 Å². The van der Waals surface area contributed by atoms with E-state index in [9.17, 15) is 10.2 Å². The molecular formula is C18H20NO3. The van der Waals surface area contributed by atoms with Crippen LogP contribution < -0.4 is 4.74 Å². The second-order valence-electron chi connectivity index (χ2n) is 7.22. The number of nitrogens with zero attached hydrogens (tertiary/aromatic N) is 1. The SMILES string of the molecule is [CH2]c1cc(O)c2c3c1C[C@@H]1[C@@H]4C=C[C@H](O)[C@H](O2)[C@]34CCN1C. The topological polar surface area (TPSA) is 52.9 Å². The van der Waals surface area contributed by atoms with Crippen LogP contribution in [0.2, 0.25) is 0 Å². The Kier molecular flexibility index (Phi) is 2.28. The first kappa shape index (κ1) is 13.0. The van der Waals surface area contributed by atoms with Gasteiger partial charge in [0.1, 0.15) is 12.2 Å². The number of hydrogen-bond acceptors (Lipinski definition) is 4. The van der Waals surface area contributed by atoms with Crippen molar-refractivity contribution in [3.05, 3.63) is 41.8 Å². The number of aromatic hydroxyl groups is 1. The fourth-order valence-corrected chi connectivity index (χ4v) is 5.40. The molecule has 5 atom stereocenters. The van der Waals surface area contributed by atoms with Gasteiger partial charge in [0.2, 0.25) is 0 Å². The van der Waals surface area contributed by atoms with Gasteiger partial charge < -0.3 is 19.8 Å². The first-order valence-corrected chi connectivity index (χ1v) is 7.98. The molecule has 0 saturated carbocycles. The molecule has 4 heteroatoms. The maximum atomic E-state index is 10.5. The first-order chi connectivity index (χ1) is 10.5. The van der Waals surface area contributed by atoms with Crippen molar-refractivity contribution in [2.24, 2.45) is 5.92 Å². The predicted molar refractivity (Wildman–Crippen MR) is 82.0 cm³/mol. The molecule has 1 aromatic carbocycles. The molecule has 0 unspecified atom stereocenters. The highest BCUT2D eigenvalue weighted by atomic mass is 16.5. The number of benzene rings is 1. The smallest absolute Gasteiger partial charge is 0.165 e. The summed E-state index contributed by atoms with van der Waals surface area (Å²) in [5, 5.41) is 20.8. The van der Waals surface area contributed by atoms with E-state index in [1.165, 1.54) is 5.56 Å². The minimum Gasteiger partial charge on any atom is -0.504 e. The highest BCUT2D eigenvalue weighted by Crippen LogP contribution is 2.62. The van der Waals surface area contributed by atoms with E-state index in [4.69, 9.17) is 4.74 Å². The Morgan fingerprint density at radius 3 is 3.05 bits per heavy atom. The second kappa shape index (κ2) is 3.87. The Balaban J connectivity index is 1.87. The van der Waals surface area contributed by atoms with E-state index < -0.39 is 6.10 Å². The molecule has 2 heterocycles. The number of ether oxygens (including phenoxy) is 1. The van der Waals surface area contributed by atoms with Gasteiger partial charge in [0.25, 0.3) is 0 Å². The number of rotatable bonds is 0. The Morgan fingerprint density at radius 2 is 2.23 bits per heavy atom. The molecule has 115 valence electrons. The van der Waals surface area contributed by atoms with Crippen LogP contribution in [0.4, 0.5) is 0 Å². The largest absolute Gasteiger partial charge is 0.504 e. The molecule has 2 aliphatic heterocycles. The molecule has 1 saturated heterocycles. The van der Waals surface area contributed by atoms with Crippen LogP contribution in [-0.4, -0.2) is 47.0 Å². The van der Waals surface area contributed by atoms with E-state index in [2.05, 4.69) is 24.9 Å². The number of piperidine rings is 1. The van der Waals surface area contributed by atoms with Crippen LogP contribution in [0.1, 0.15) is 23.1 Å². The third-order valence-electron chi connectivity index (χ3n) is 6.37. The van der Waals surface area contributed by atoms with Crippen molar-refractivity contribution in [1.82, 2.24) is 4.90 Å². The van der Waals surface area contributed by atoms with Gasteiger partial charge in [-0.15, -0.1) is 0 Å². The third kappa shape index (κ3) is 1.24. The molecule has 2 bridgehead atoms. The molecular weight excluding hydrogens is 278 g/mol. The molecule has 2 N–H and O–H groups in total. The summed E-state index contributed by atoms with van der Waals surface area (Å²) in [5.74, 6) is 1.08. The lowest BCUT2D eigenvalue weighted by molar-refractivity contribution is -0.0453. The summed E-state index contributed by atoms with van der Waals surface area (Å²) in [7, 11) is 2.18. The van der Waals surface area contributed by atoms with Crippen LogP contribution in [0.15, 0.2) is 18.2 Å². The van der Waals surface area contributed by atoms with Crippen LogP contribution in [0.3, 0.4) is 0 Å². The van der Waals surface area contributed by atoms with Crippen LogP contribution in [-0.2, 0) is 11.8 Å². The lowest BCUT2D eigenvalue weighted by Gasteiger charge is -2.56. The average Bonchev–Trinajstić information content (AvgIpc) is 2.83. The van der Waals surface area contributed by atoms with Crippen molar-refractivity contribution in [3.63, 3.8) is 0 Å². The first-order valence-electron chi connectivity index (χ1n) is 7.98. The van der Waals surface area contributed by atoms with E-state index >= 15 is 0 Å². The maximum absolute atomic E-state index is 10.5. The molecule has 1 fully saturated rings. The van der Waals surface area contributed by atoms with Gasteiger partial charge >= 0.3 is 0 Å². The van der Waals surface area contributed by atoms with Crippen LogP contribution in [0, 0.1) is 12.8 Å². The van der Waals surface area contributed by atoms with Gasteiger partial charge in [-0.25, -0.2) is 0 Å². The predicted octanol–water partition coefficient (Wildman–Crippen LogP) is 1.38. The van der Waals surface area contributed by atoms with E-state index in [1.54, 1.807) is 6.07 Å². The third-order valence-corrected chi connectivity index (χ3v) is 6.37. The second-order valence-corrected chi connectivity index (χ2v) is 7.22. The number of aliphatic hydroxyl groups is 1. The van der Waals surface area contributed by atoms with E-state index in [0.717, 1.165) is 30.5 Å². The van der Waals surface area contributed by atoms with Gasteiger partial charge in [0.15, 0.2) is 11.5 Å². The quantitative estimate of drug-likeness (QED) is 0.711. The van der Waals surface area contributed by atoms with Gasteiger partial charge in [0.05, 0.1) is 0 Å². The molecule has 1 aromatic rings. The highest BCUT2D eigenvalue weighted by molar-refractivity contribution is 5.64. The van der Waals surface area contributed by atoms with Gasteiger partial charge in [-0.1, -0.05) is 12.2 Å². The minimum atomic E-state index is -0.619. The highest BCUT2D eigenvalue weighted by Gasteiger charge is 2.64. The van der Waals surface area contributed by atoms with Crippen molar-refractivity contribution in [1.29, 1.82) is 0 Å². The van der Waals surface area contributed by atoms with Crippen LogP contribution in [0.5, 0.6) is 11.5 Å². The number of aliphatic hydroxyl groups excluding tert-OH is 1. The molecule has 0 amide bonds. The van der Waals surface area contributed by atoms with E-state index in [1.807, 2.05) is 6.08 Å². The number of likely N-dealkylation sites (tertiary alicyclic amines) is 1. The minimum absolute atomic E-state index is 0.163. The maximum Gasteiger partial charge on any atom is 0.165 e. The van der Waals surface area contributed by atoms with Crippen LogP contribution >= 0.6 is 0 Å². The van der Waals surface area contributed by atoms with Crippen LogP contribution in [0.25, 0.3) is 0 Å². The molecule has 4 nitrogen and oxygen atoms in total. The van der Waals surface area contributed by atoms with Crippen molar-refractivity contribution in [2.75, 3.05) is 13.6 Å². The zero-order chi connectivity index (χ0) is 15.2. The zero-order valence-electron chi connectivity index (χ0n) is 12.6. The normalized spacial score (nSPS) is 41.2. The number of hydrogen-bond donors (Lipinski definition) is 2. The molecule has 2 aliphatic carbocycles.